The molecule has 1 saturated carbocycles. The van der Waals surface area contributed by atoms with E-state index < -0.39 is 0 Å². The number of hydrogen-bond donors (Lipinski definition) is 0. The molecule has 0 spiro atoms. The third-order valence-corrected chi connectivity index (χ3v) is 3.35. The van der Waals surface area contributed by atoms with E-state index in [0.29, 0.717) is 12.0 Å². The highest BCUT2D eigenvalue weighted by molar-refractivity contribution is 5.69. The zero-order valence-corrected chi connectivity index (χ0v) is 9.41. The molecular formula is C11H19NO2. The van der Waals surface area contributed by atoms with E-state index in [0.717, 1.165) is 12.5 Å². The number of fused-ring (bicyclic) bond motifs is 1. The molecule has 0 aromatic carbocycles. The van der Waals surface area contributed by atoms with Crippen LogP contribution in [-0.4, -0.2) is 29.2 Å². The lowest BCUT2D eigenvalue weighted by Crippen LogP contribution is -2.42. The van der Waals surface area contributed by atoms with Crippen LogP contribution in [0.2, 0.25) is 0 Å². The lowest BCUT2D eigenvalue weighted by molar-refractivity contribution is 0.0211. The lowest BCUT2D eigenvalue weighted by atomic mass is 9.75. The fraction of sp³-hybridized carbons (Fsp3) is 0.909. The van der Waals surface area contributed by atoms with Gasteiger partial charge in [0.05, 0.1) is 0 Å². The Balaban J connectivity index is 1.94. The van der Waals surface area contributed by atoms with Crippen LogP contribution in [0.1, 0.15) is 34.1 Å². The first-order valence-corrected chi connectivity index (χ1v) is 5.38. The summed E-state index contributed by atoms with van der Waals surface area (Å²) < 4.78 is 5.35. The lowest BCUT2D eigenvalue weighted by Gasteiger charge is -2.34. The van der Waals surface area contributed by atoms with Crippen LogP contribution in [0.4, 0.5) is 4.79 Å². The van der Waals surface area contributed by atoms with Crippen molar-refractivity contribution in [3.05, 3.63) is 0 Å². The number of carbonyl (C=O) groups excluding carboxylic acids is 1. The molecule has 3 nitrogen and oxygen atoms in total. The average Bonchev–Trinajstić information content (AvgIpc) is 2.55. The van der Waals surface area contributed by atoms with Crippen molar-refractivity contribution in [3.8, 4) is 0 Å². The van der Waals surface area contributed by atoms with E-state index in [4.69, 9.17) is 4.74 Å². The molecule has 3 heteroatoms. The van der Waals surface area contributed by atoms with E-state index in [2.05, 4.69) is 6.92 Å². The van der Waals surface area contributed by atoms with E-state index >= 15 is 0 Å². The maximum Gasteiger partial charge on any atom is 0.410 e. The fourth-order valence-electron chi connectivity index (χ4n) is 2.43. The largest absolute Gasteiger partial charge is 0.444 e. The van der Waals surface area contributed by atoms with Crippen LogP contribution in [0.3, 0.4) is 0 Å². The predicted molar refractivity (Wildman–Crippen MR) is 54.0 cm³/mol. The van der Waals surface area contributed by atoms with Crippen molar-refractivity contribution < 1.29 is 9.53 Å². The Morgan fingerprint density at radius 2 is 2.07 bits per heavy atom. The van der Waals surface area contributed by atoms with Gasteiger partial charge < -0.3 is 9.64 Å². The molecule has 80 valence electrons. The van der Waals surface area contributed by atoms with Crippen LogP contribution < -0.4 is 0 Å². The van der Waals surface area contributed by atoms with Gasteiger partial charge in [0.25, 0.3) is 0 Å². The van der Waals surface area contributed by atoms with E-state index in [-0.39, 0.29) is 11.7 Å². The Labute approximate surface area is 85.4 Å². The molecule has 1 amide bonds. The molecule has 0 radical (unpaired) electrons. The summed E-state index contributed by atoms with van der Waals surface area (Å²) in [6.07, 6.45) is 1.05. The van der Waals surface area contributed by atoms with Crippen LogP contribution in [0.25, 0.3) is 0 Å². The highest BCUT2D eigenvalue weighted by Crippen LogP contribution is 2.46. The van der Waals surface area contributed by atoms with Crippen molar-refractivity contribution in [2.24, 2.45) is 11.8 Å². The van der Waals surface area contributed by atoms with Gasteiger partial charge in [-0.05, 0) is 39.0 Å². The summed E-state index contributed by atoms with van der Waals surface area (Å²) >= 11 is 0. The average molecular weight is 197 g/mol. The van der Waals surface area contributed by atoms with Gasteiger partial charge in [0, 0.05) is 12.6 Å². The topological polar surface area (TPSA) is 29.5 Å². The first-order chi connectivity index (χ1) is 6.38. The Hall–Kier alpha value is -0.730. The molecule has 3 fully saturated rings. The van der Waals surface area contributed by atoms with Crippen molar-refractivity contribution in [1.82, 2.24) is 4.90 Å². The van der Waals surface area contributed by atoms with Crippen molar-refractivity contribution in [2.75, 3.05) is 6.54 Å². The molecule has 1 aliphatic carbocycles. The predicted octanol–water partition coefficient (Wildman–Crippen LogP) is 2.26. The van der Waals surface area contributed by atoms with E-state index in [1.165, 1.54) is 6.42 Å². The van der Waals surface area contributed by atoms with Crippen LogP contribution in [0.5, 0.6) is 0 Å². The molecular weight excluding hydrogens is 178 g/mol. The molecule has 2 aliphatic heterocycles. The smallest absolute Gasteiger partial charge is 0.410 e. The summed E-state index contributed by atoms with van der Waals surface area (Å²) in [4.78, 5) is 13.7. The van der Waals surface area contributed by atoms with E-state index in [1.807, 2.05) is 25.7 Å². The number of ether oxygens (including phenoxy) is 1. The van der Waals surface area contributed by atoms with E-state index in [1.54, 1.807) is 0 Å². The van der Waals surface area contributed by atoms with Crippen LogP contribution >= 0.6 is 0 Å². The number of hydrogen-bond acceptors (Lipinski definition) is 2. The number of nitrogens with zero attached hydrogens (tertiary/aromatic N) is 1. The summed E-state index contributed by atoms with van der Waals surface area (Å²) in [5.74, 6) is 1.41. The van der Waals surface area contributed by atoms with Gasteiger partial charge in [-0.2, -0.15) is 0 Å². The van der Waals surface area contributed by atoms with Gasteiger partial charge in [0.15, 0.2) is 0 Å². The molecule has 3 aliphatic rings. The number of rotatable bonds is 0. The highest BCUT2D eigenvalue weighted by Gasteiger charge is 2.52. The molecule has 2 saturated heterocycles. The second kappa shape index (κ2) is 2.88. The Bertz CT molecular complexity index is 257. The molecule has 0 aromatic rings. The van der Waals surface area contributed by atoms with Gasteiger partial charge in [-0.1, -0.05) is 6.92 Å². The standard InChI is InChI=1S/C11H19NO2/c1-7-8-5-9(7)12(6-8)10(13)14-11(2,3)4/h7-9H,5-6H2,1-4H3/t7-,8-,9-/m0/s1. The molecule has 3 atom stereocenters. The number of amides is 1. The summed E-state index contributed by atoms with van der Waals surface area (Å²) in [6.45, 7) is 8.86. The summed E-state index contributed by atoms with van der Waals surface area (Å²) in [7, 11) is 0. The molecule has 3 rings (SSSR count). The van der Waals surface area contributed by atoms with E-state index in [9.17, 15) is 4.79 Å². The highest BCUT2D eigenvalue weighted by atomic mass is 16.6. The van der Waals surface area contributed by atoms with Crippen molar-refractivity contribution in [3.63, 3.8) is 0 Å². The monoisotopic (exact) mass is 197 g/mol. The van der Waals surface area contributed by atoms with Gasteiger partial charge in [-0.3, -0.25) is 0 Å². The Kier molecular flexibility index (Phi) is 2.02. The van der Waals surface area contributed by atoms with Crippen LogP contribution in [0, 0.1) is 11.8 Å². The third kappa shape index (κ3) is 1.49. The first-order valence-electron chi connectivity index (χ1n) is 5.38. The molecule has 2 heterocycles. The maximum absolute atomic E-state index is 11.7. The summed E-state index contributed by atoms with van der Waals surface area (Å²) in [5.41, 5.74) is -0.368. The molecule has 0 unspecified atom stereocenters. The van der Waals surface area contributed by atoms with Crippen LogP contribution in [0.15, 0.2) is 0 Å². The fourth-order valence-corrected chi connectivity index (χ4v) is 2.43. The van der Waals surface area contributed by atoms with Gasteiger partial charge in [0.2, 0.25) is 0 Å². The Morgan fingerprint density at radius 1 is 1.43 bits per heavy atom. The zero-order chi connectivity index (χ0) is 10.5. The second-order valence-electron chi connectivity index (χ2n) is 5.55. The van der Waals surface area contributed by atoms with Crippen molar-refractivity contribution >= 4 is 6.09 Å². The molecule has 0 N–H and O–H groups in total. The first kappa shape index (κ1) is 9.81. The minimum Gasteiger partial charge on any atom is -0.444 e. The van der Waals surface area contributed by atoms with Gasteiger partial charge in [-0.25, -0.2) is 4.79 Å². The minimum absolute atomic E-state index is 0.130. The summed E-state index contributed by atoms with van der Waals surface area (Å²) in [6, 6.07) is 0.454. The summed E-state index contributed by atoms with van der Waals surface area (Å²) in [5, 5.41) is 0. The zero-order valence-electron chi connectivity index (χ0n) is 9.41. The van der Waals surface area contributed by atoms with Crippen molar-refractivity contribution in [2.45, 2.75) is 45.8 Å². The van der Waals surface area contributed by atoms with Crippen LogP contribution in [-0.2, 0) is 4.74 Å². The van der Waals surface area contributed by atoms with Crippen molar-refractivity contribution in [1.29, 1.82) is 0 Å². The molecule has 0 aromatic heterocycles. The minimum atomic E-state index is -0.368. The van der Waals surface area contributed by atoms with Gasteiger partial charge in [0.1, 0.15) is 5.60 Å². The maximum atomic E-state index is 11.7. The third-order valence-electron chi connectivity index (χ3n) is 3.35. The number of carbonyl (C=O) groups is 1. The quantitative estimate of drug-likeness (QED) is 0.596. The SMILES string of the molecule is C[C@H]1[C@H]2C[C@@H]1N(C(=O)OC(C)(C)C)C2. The Morgan fingerprint density at radius 3 is 2.43 bits per heavy atom. The normalized spacial score (nSPS) is 35.4. The van der Waals surface area contributed by atoms with Gasteiger partial charge >= 0.3 is 6.09 Å². The van der Waals surface area contributed by atoms with Gasteiger partial charge in [-0.15, -0.1) is 0 Å². The molecule has 14 heavy (non-hydrogen) atoms. The molecule has 2 bridgehead atoms. The second-order valence-corrected chi connectivity index (χ2v) is 5.55.